The average Bonchev–Trinajstić information content (AvgIpc) is 3.35. The highest BCUT2D eigenvalue weighted by atomic mass is 16.2. The summed E-state index contributed by atoms with van der Waals surface area (Å²) in [6.07, 6.45) is 5.21. The smallest absolute Gasteiger partial charge is 0.267 e. The molecule has 0 spiro atoms. The van der Waals surface area contributed by atoms with Gasteiger partial charge in [-0.15, -0.1) is 0 Å². The van der Waals surface area contributed by atoms with Gasteiger partial charge in [-0.2, -0.15) is 5.10 Å². The Hall–Kier alpha value is -4.76. The van der Waals surface area contributed by atoms with E-state index in [1.165, 1.54) is 17.0 Å². The van der Waals surface area contributed by atoms with Gasteiger partial charge in [-0.1, -0.05) is 30.3 Å². The topological polar surface area (TPSA) is 119 Å². The van der Waals surface area contributed by atoms with Crippen molar-refractivity contribution in [2.24, 2.45) is 0 Å². The minimum absolute atomic E-state index is 0.0652. The Morgan fingerprint density at radius 2 is 1.76 bits per heavy atom. The summed E-state index contributed by atoms with van der Waals surface area (Å²) in [6, 6.07) is 22.1. The highest BCUT2D eigenvalue weighted by Crippen LogP contribution is 2.36. The molecule has 1 aliphatic rings. The molecule has 1 amide bonds. The zero-order chi connectivity index (χ0) is 26.1. The van der Waals surface area contributed by atoms with Crippen LogP contribution in [0.3, 0.4) is 0 Å². The third kappa shape index (κ3) is 4.33. The van der Waals surface area contributed by atoms with Gasteiger partial charge in [-0.05, 0) is 74.0 Å². The number of piperidine rings is 1. The quantitative estimate of drug-likeness (QED) is 0.334. The first kappa shape index (κ1) is 23.6. The van der Waals surface area contributed by atoms with Crippen LogP contribution in [0.25, 0.3) is 22.3 Å². The maximum absolute atomic E-state index is 13.0. The van der Waals surface area contributed by atoms with Crippen molar-refractivity contribution in [2.45, 2.75) is 18.8 Å². The Morgan fingerprint density at radius 1 is 1.00 bits per heavy atom. The Kier molecular flexibility index (Phi) is 6.19. The third-order valence-electron chi connectivity index (χ3n) is 7.05. The van der Waals surface area contributed by atoms with Gasteiger partial charge < -0.3 is 16.4 Å². The summed E-state index contributed by atoms with van der Waals surface area (Å²) in [5.74, 6) is 0.343. The molecule has 0 unspecified atom stereocenters. The van der Waals surface area contributed by atoms with E-state index < -0.39 is 5.91 Å². The van der Waals surface area contributed by atoms with E-state index in [0.29, 0.717) is 23.1 Å². The lowest BCUT2D eigenvalue weighted by Crippen LogP contribution is -2.27. The summed E-state index contributed by atoms with van der Waals surface area (Å²) in [6.45, 7) is 1.94. The summed E-state index contributed by atoms with van der Waals surface area (Å²) in [4.78, 5) is 30.2. The summed E-state index contributed by atoms with van der Waals surface area (Å²) in [7, 11) is 0. The molecule has 38 heavy (non-hydrogen) atoms. The lowest BCUT2D eigenvalue weighted by Gasteiger charge is -2.22. The van der Waals surface area contributed by atoms with Gasteiger partial charge in [-0.3, -0.25) is 14.2 Å². The summed E-state index contributed by atoms with van der Waals surface area (Å²) in [5.41, 5.74) is 11.1. The van der Waals surface area contributed by atoms with Crippen LogP contribution in [0.1, 0.15) is 34.8 Å². The van der Waals surface area contributed by atoms with E-state index >= 15 is 0 Å². The van der Waals surface area contributed by atoms with E-state index in [2.05, 4.69) is 26.8 Å². The number of nitrogens with two attached hydrogens (primary N) is 1. The number of aromatic nitrogens is 4. The van der Waals surface area contributed by atoms with Crippen molar-refractivity contribution in [3.8, 4) is 16.8 Å². The Balaban J connectivity index is 1.28. The number of carbonyl (C=O) groups excluding carboxylic acids is 1. The molecule has 5 aromatic rings. The van der Waals surface area contributed by atoms with Crippen molar-refractivity contribution in [2.75, 3.05) is 24.1 Å². The van der Waals surface area contributed by atoms with E-state index in [9.17, 15) is 9.59 Å². The summed E-state index contributed by atoms with van der Waals surface area (Å²) >= 11 is 0. The minimum atomic E-state index is -0.465. The van der Waals surface area contributed by atoms with Crippen molar-refractivity contribution in [3.05, 3.63) is 107 Å². The number of fused-ring (bicyclic) bond motifs is 1. The number of hydrogen-bond donors (Lipinski definition) is 3. The van der Waals surface area contributed by atoms with E-state index in [-0.39, 0.29) is 11.1 Å². The first-order valence-electron chi connectivity index (χ1n) is 12.6. The molecule has 0 aliphatic carbocycles. The van der Waals surface area contributed by atoms with Gasteiger partial charge in [0.25, 0.3) is 11.5 Å². The van der Waals surface area contributed by atoms with Crippen molar-refractivity contribution in [1.29, 1.82) is 0 Å². The fraction of sp³-hybridized carbons (Fsp3) is 0.172. The predicted molar refractivity (Wildman–Crippen MR) is 148 cm³/mol. The Morgan fingerprint density at radius 3 is 2.53 bits per heavy atom. The monoisotopic (exact) mass is 505 g/mol. The molecule has 1 aliphatic heterocycles. The van der Waals surface area contributed by atoms with E-state index in [0.717, 1.165) is 48.3 Å². The van der Waals surface area contributed by atoms with Crippen LogP contribution in [0.4, 0.5) is 11.5 Å². The van der Waals surface area contributed by atoms with E-state index in [1.54, 1.807) is 12.3 Å². The number of nitrogen functional groups attached to an aromatic ring is 1. The summed E-state index contributed by atoms with van der Waals surface area (Å²) < 4.78 is 3.37. The Labute approximate surface area is 219 Å². The molecule has 1 fully saturated rings. The zero-order valence-electron chi connectivity index (χ0n) is 20.7. The molecule has 9 nitrogen and oxygen atoms in total. The summed E-state index contributed by atoms with van der Waals surface area (Å²) in [5, 5.41) is 10.8. The maximum Gasteiger partial charge on any atom is 0.267 e. The van der Waals surface area contributed by atoms with Crippen LogP contribution in [0.15, 0.2) is 90.1 Å². The van der Waals surface area contributed by atoms with Crippen molar-refractivity contribution in [1.82, 2.24) is 24.5 Å². The number of anilines is 2. The maximum atomic E-state index is 13.0. The molecule has 9 heteroatoms. The molecule has 0 radical (unpaired) electrons. The van der Waals surface area contributed by atoms with Crippen LogP contribution in [0.2, 0.25) is 0 Å². The second-order valence-electron chi connectivity index (χ2n) is 9.38. The molecule has 2 aromatic carbocycles. The molecule has 6 rings (SSSR count). The Bertz CT molecular complexity index is 1670. The van der Waals surface area contributed by atoms with Gasteiger partial charge in [0.1, 0.15) is 17.4 Å². The highest BCUT2D eigenvalue weighted by Gasteiger charge is 2.23. The first-order valence-corrected chi connectivity index (χ1v) is 12.6. The number of amides is 1. The van der Waals surface area contributed by atoms with Crippen LogP contribution in [-0.2, 0) is 0 Å². The lowest BCUT2D eigenvalue weighted by molar-refractivity contribution is 0.102. The zero-order valence-corrected chi connectivity index (χ0v) is 20.7. The van der Waals surface area contributed by atoms with E-state index in [1.807, 2.05) is 59.1 Å². The fourth-order valence-electron chi connectivity index (χ4n) is 5.11. The molecular formula is C29H27N7O2. The molecule has 3 aromatic heterocycles. The minimum Gasteiger partial charge on any atom is -0.382 e. The van der Waals surface area contributed by atoms with Crippen molar-refractivity contribution >= 4 is 22.9 Å². The lowest BCUT2D eigenvalue weighted by atomic mass is 9.94. The molecule has 0 bridgehead atoms. The number of rotatable bonds is 5. The number of nitrogens with one attached hydrogen (secondary N) is 2. The average molecular weight is 506 g/mol. The molecule has 1 saturated heterocycles. The first-order chi connectivity index (χ1) is 18.6. The number of nitrogens with zero attached hydrogens (tertiary/aromatic N) is 4. The second-order valence-corrected chi connectivity index (χ2v) is 9.38. The normalized spacial score (nSPS) is 14.0. The van der Waals surface area contributed by atoms with Gasteiger partial charge in [0.2, 0.25) is 0 Å². The van der Waals surface area contributed by atoms with Gasteiger partial charge in [-0.25, -0.2) is 9.50 Å². The third-order valence-corrected chi connectivity index (χ3v) is 7.05. The highest BCUT2D eigenvalue weighted by molar-refractivity contribution is 6.04. The molecule has 0 atom stereocenters. The van der Waals surface area contributed by atoms with E-state index in [4.69, 9.17) is 5.73 Å². The number of para-hydroxylation sites is 1. The molecule has 4 heterocycles. The van der Waals surface area contributed by atoms with Crippen molar-refractivity contribution in [3.63, 3.8) is 0 Å². The van der Waals surface area contributed by atoms with Crippen LogP contribution in [0.5, 0.6) is 0 Å². The SMILES string of the molecule is Nc1ncnn2c(C3CCNCC3)cc(-c3ccc(NC(=O)c4cccn(-c5ccccc5)c4=O)cc3)c12. The molecular weight excluding hydrogens is 478 g/mol. The predicted octanol–water partition coefficient (Wildman–Crippen LogP) is 3.85. The van der Waals surface area contributed by atoms with Crippen molar-refractivity contribution < 1.29 is 4.79 Å². The number of pyridine rings is 1. The van der Waals surface area contributed by atoms with Gasteiger partial charge in [0, 0.05) is 34.7 Å². The largest absolute Gasteiger partial charge is 0.382 e. The second kappa shape index (κ2) is 9.95. The van der Waals surface area contributed by atoms with Crippen LogP contribution >= 0.6 is 0 Å². The van der Waals surface area contributed by atoms with Crippen LogP contribution in [0, 0.1) is 0 Å². The molecule has 190 valence electrons. The number of carbonyl (C=O) groups is 1. The van der Waals surface area contributed by atoms with Crippen LogP contribution < -0.4 is 21.9 Å². The number of benzene rings is 2. The standard InChI is InChI=1S/C29H27N7O2/c30-27-26-24(17-25(36(26)33-18-32-27)20-12-14-31-15-13-20)19-8-10-21(11-9-19)34-28(37)23-7-4-16-35(29(23)38)22-5-2-1-3-6-22/h1-11,16-18,20,31H,12-15H2,(H,34,37)(H2,30,32,33). The fourth-order valence-corrected chi connectivity index (χ4v) is 5.11. The van der Waals surface area contributed by atoms with Gasteiger partial charge in [0.15, 0.2) is 5.82 Å². The van der Waals surface area contributed by atoms with Gasteiger partial charge in [0.05, 0.1) is 0 Å². The molecule has 0 saturated carbocycles. The number of hydrogen-bond acceptors (Lipinski definition) is 6. The van der Waals surface area contributed by atoms with Crippen LogP contribution in [-0.4, -0.2) is 38.2 Å². The van der Waals surface area contributed by atoms with Gasteiger partial charge >= 0.3 is 0 Å². The molecule has 4 N–H and O–H groups in total.